The molecule has 0 radical (unpaired) electrons. The van der Waals surface area contributed by atoms with E-state index in [1.54, 1.807) is 6.08 Å². The van der Waals surface area contributed by atoms with E-state index in [0.717, 1.165) is 5.56 Å². The van der Waals surface area contributed by atoms with Crippen LogP contribution in [0, 0.1) is 0 Å². The van der Waals surface area contributed by atoms with Crippen molar-refractivity contribution in [3.05, 3.63) is 64.0 Å². The van der Waals surface area contributed by atoms with Crippen LogP contribution in [0.3, 0.4) is 0 Å². The van der Waals surface area contributed by atoms with Crippen molar-refractivity contribution in [1.82, 2.24) is 20.6 Å². The molecule has 0 aliphatic carbocycles. The van der Waals surface area contributed by atoms with Crippen LogP contribution in [0.5, 0.6) is 0 Å². The van der Waals surface area contributed by atoms with Crippen molar-refractivity contribution in [2.45, 2.75) is 0 Å². The van der Waals surface area contributed by atoms with Crippen molar-refractivity contribution in [3.63, 3.8) is 0 Å². The number of hydrogen-bond acceptors (Lipinski definition) is 5. The van der Waals surface area contributed by atoms with Crippen molar-refractivity contribution < 1.29 is 4.42 Å². The van der Waals surface area contributed by atoms with E-state index in [-0.39, 0.29) is 17.0 Å². The molecule has 0 aliphatic heterocycles. The molecule has 0 atom stereocenters. The van der Waals surface area contributed by atoms with Gasteiger partial charge in [-0.05, 0) is 16.9 Å². The number of H-pyrrole nitrogens is 1. The number of tetrazole rings is 1. The van der Waals surface area contributed by atoms with Crippen molar-refractivity contribution >= 4 is 12.2 Å². The summed E-state index contributed by atoms with van der Waals surface area (Å²) in [5.41, 5.74) is 0.837. The molecule has 98 valence electrons. The van der Waals surface area contributed by atoms with Gasteiger partial charge in [-0.3, -0.25) is 4.79 Å². The zero-order valence-corrected chi connectivity index (χ0v) is 10.4. The molecule has 0 aliphatic rings. The summed E-state index contributed by atoms with van der Waals surface area (Å²) in [6.45, 7) is 0. The molecule has 0 unspecified atom stereocenters. The van der Waals surface area contributed by atoms with Crippen LogP contribution in [0.1, 0.15) is 11.3 Å². The van der Waals surface area contributed by atoms with Gasteiger partial charge in [0.15, 0.2) is 11.2 Å². The standard InChI is InChI=1S/C14H10N4O2/c19-11-8-12(7-6-10-4-2-1-3-5-10)20-13(9-11)14-15-17-18-16-14/h1-9H,(H,15,16,17,18)/b7-6+. The van der Waals surface area contributed by atoms with Crippen molar-refractivity contribution in [2.24, 2.45) is 0 Å². The largest absolute Gasteiger partial charge is 0.453 e. The molecule has 6 nitrogen and oxygen atoms in total. The molecule has 20 heavy (non-hydrogen) atoms. The van der Waals surface area contributed by atoms with Crippen molar-refractivity contribution in [3.8, 4) is 11.6 Å². The molecule has 0 saturated carbocycles. The van der Waals surface area contributed by atoms with Crippen LogP contribution in [0.2, 0.25) is 0 Å². The Morgan fingerprint density at radius 1 is 1.10 bits per heavy atom. The molecular weight excluding hydrogens is 256 g/mol. The Kier molecular flexibility index (Phi) is 3.20. The highest BCUT2D eigenvalue weighted by Crippen LogP contribution is 2.14. The summed E-state index contributed by atoms with van der Waals surface area (Å²) in [4.78, 5) is 11.6. The first-order valence-electron chi connectivity index (χ1n) is 5.93. The fourth-order valence-corrected chi connectivity index (χ4v) is 1.70. The van der Waals surface area contributed by atoms with Crippen LogP contribution >= 0.6 is 0 Å². The Balaban J connectivity index is 1.95. The molecule has 0 amide bonds. The van der Waals surface area contributed by atoms with Gasteiger partial charge in [-0.2, -0.15) is 5.21 Å². The van der Waals surface area contributed by atoms with E-state index in [1.807, 2.05) is 36.4 Å². The predicted octanol–water partition coefficient (Wildman–Crippen LogP) is 1.99. The zero-order chi connectivity index (χ0) is 13.8. The smallest absolute Gasteiger partial charge is 0.239 e. The first kappa shape index (κ1) is 12.0. The maximum absolute atomic E-state index is 11.6. The fraction of sp³-hybridized carbons (Fsp3) is 0. The first-order chi connectivity index (χ1) is 9.81. The summed E-state index contributed by atoms with van der Waals surface area (Å²) >= 11 is 0. The van der Waals surface area contributed by atoms with Gasteiger partial charge in [0.25, 0.3) is 0 Å². The summed E-state index contributed by atoms with van der Waals surface area (Å²) in [6, 6.07) is 12.5. The Labute approximate surface area is 113 Å². The number of hydrogen-bond donors (Lipinski definition) is 1. The number of benzene rings is 1. The molecule has 1 aromatic carbocycles. The molecule has 0 bridgehead atoms. The summed E-state index contributed by atoms with van der Waals surface area (Å²) in [7, 11) is 0. The second-order valence-corrected chi connectivity index (χ2v) is 4.04. The second-order valence-electron chi connectivity index (χ2n) is 4.04. The van der Waals surface area contributed by atoms with Gasteiger partial charge in [0.1, 0.15) is 5.76 Å². The van der Waals surface area contributed by atoms with Crippen LogP contribution in [0.4, 0.5) is 0 Å². The average molecular weight is 266 g/mol. The summed E-state index contributed by atoms with van der Waals surface area (Å²) < 4.78 is 5.55. The Bertz CT molecular complexity index is 776. The van der Waals surface area contributed by atoms with E-state index >= 15 is 0 Å². The van der Waals surface area contributed by atoms with Crippen LogP contribution < -0.4 is 5.43 Å². The number of nitrogens with one attached hydrogen (secondary N) is 1. The minimum atomic E-state index is -0.177. The van der Waals surface area contributed by atoms with Gasteiger partial charge in [0.05, 0.1) is 0 Å². The van der Waals surface area contributed by atoms with Gasteiger partial charge >= 0.3 is 0 Å². The topological polar surface area (TPSA) is 84.7 Å². The zero-order valence-electron chi connectivity index (χ0n) is 10.4. The van der Waals surface area contributed by atoms with Gasteiger partial charge in [0.2, 0.25) is 5.82 Å². The lowest BCUT2D eigenvalue weighted by atomic mass is 10.2. The van der Waals surface area contributed by atoms with E-state index < -0.39 is 0 Å². The molecule has 1 N–H and O–H groups in total. The molecular formula is C14H10N4O2. The third kappa shape index (κ3) is 2.69. The lowest BCUT2D eigenvalue weighted by Crippen LogP contribution is -1.99. The fourth-order valence-electron chi connectivity index (χ4n) is 1.70. The summed E-state index contributed by atoms with van der Waals surface area (Å²) in [5, 5.41) is 13.3. The van der Waals surface area contributed by atoms with Crippen molar-refractivity contribution in [2.75, 3.05) is 0 Å². The predicted molar refractivity (Wildman–Crippen MR) is 73.5 cm³/mol. The van der Waals surface area contributed by atoms with Gasteiger partial charge in [-0.25, -0.2) is 0 Å². The maximum atomic E-state index is 11.6. The Morgan fingerprint density at radius 2 is 1.95 bits per heavy atom. The molecule has 0 saturated heterocycles. The maximum Gasteiger partial charge on any atom is 0.239 e. The monoisotopic (exact) mass is 266 g/mol. The number of nitrogens with zero attached hydrogens (tertiary/aromatic N) is 3. The van der Waals surface area contributed by atoms with E-state index in [9.17, 15) is 4.79 Å². The van der Waals surface area contributed by atoms with Gasteiger partial charge < -0.3 is 4.42 Å². The highest BCUT2D eigenvalue weighted by atomic mass is 16.3. The third-order valence-electron chi connectivity index (χ3n) is 2.59. The second kappa shape index (κ2) is 5.31. The van der Waals surface area contributed by atoms with E-state index in [2.05, 4.69) is 20.6 Å². The number of aromatic amines is 1. The van der Waals surface area contributed by atoms with E-state index in [1.165, 1.54) is 12.1 Å². The van der Waals surface area contributed by atoms with Gasteiger partial charge in [-0.1, -0.05) is 36.4 Å². The lowest BCUT2D eigenvalue weighted by Gasteiger charge is -1.97. The third-order valence-corrected chi connectivity index (χ3v) is 2.59. The van der Waals surface area contributed by atoms with Crippen LogP contribution in [0.25, 0.3) is 23.7 Å². The molecule has 3 aromatic rings. The quantitative estimate of drug-likeness (QED) is 0.783. The summed E-state index contributed by atoms with van der Waals surface area (Å²) in [5.74, 6) is 0.956. The molecule has 3 rings (SSSR count). The molecule has 2 heterocycles. The number of aromatic nitrogens is 4. The van der Waals surface area contributed by atoms with E-state index in [4.69, 9.17) is 4.42 Å². The normalized spacial score (nSPS) is 11.0. The van der Waals surface area contributed by atoms with Gasteiger partial charge in [-0.15, -0.1) is 10.2 Å². The lowest BCUT2D eigenvalue weighted by molar-refractivity contribution is 0.549. The molecule has 6 heteroatoms. The van der Waals surface area contributed by atoms with Crippen LogP contribution in [-0.2, 0) is 0 Å². The van der Waals surface area contributed by atoms with E-state index in [0.29, 0.717) is 5.76 Å². The minimum Gasteiger partial charge on any atom is -0.453 e. The first-order valence-corrected chi connectivity index (χ1v) is 5.93. The van der Waals surface area contributed by atoms with Crippen molar-refractivity contribution in [1.29, 1.82) is 0 Å². The Hall–Kier alpha value is -3.02. The van der Waals surface area contributed by atoms with Gasteiger partial charge in [0, 0.05) is 12.1 Å². The Morgan fingerprint density at radius 3 is 2.70 bits per heavy atom. The number of rotatable bonds is 3. The average Bonchev–Trinajstić information content (AvgIpc) is 3.00. The molecule has 0 spiro atoms. The molecule has 2 aromatic heterocycles. The highest BCUT2D eigenvalue weighted by Gasteiger charge is 2.07. The minimum absolute atomic E-state index is 0.177. The van der Waals surface area contributed by atoms with Crippen LogP contribution in [0.15, 0.2) is 51.7 Å². The van der Waals surface area contributed by atoms with Crippen LogP contribution in [-0.4, -0.2) is 20.6 Å². The summed E-state index contributed by atoms with van der Waals surface area (Å²) in [6.07, 6.45) is 3.58. The highest BCUT2D eigenvalue weighted by molar-refractivity contribution is 5.67. The SMILES string of the molecule is O=c1cc(/C=C/c2ccccc2)oc(-c2nn[nH]n2)c1. The molecule has 0 fully saturated rings.